The highest BCUT2D eigenvalue weighted by molar-refractivity contribution is 5.90. The Morgan fingerprint density at radius 2 is 1.81 bits per heavy atom. The summed E-state index contributed by atoms with van der Waals surface area (Å²) in [6, 6.07) is 19.0. The van der Waals surface area contributed by atoms with Crippen molar-refractivity contribution in [3.8, 4) is 5.75 Å². The number of benzene rings is 2. The molecule has 0 radical (unpaired) electrons. The maximum absolute atomic E-state index is 12.9. The lowest BCUT2D eigenvalue weighted by Gasteiger charge is -2.23. The lowest BCUT2D eigenvalue weighted by molar-refractivity contribution is 0.201. The second-order valence-corrected chi connectivity index (χ2v) is 6.26. The molecule has 0 unspecified atom stereocenters. The standard InChI is InChI=1S/C22H24N2O3/c1-3-26-19-12-10-18(11-13-19)15-24(16-20-8-6-14-27-20)22(25)23-21-9-5-4-7-17(21)2/h4-14H,3,15-16H2,1-2H3,(H,23,25). The summed E-state index contributed by atoms with van der Waals surface area (Å²) in [5.41, 5.74) is 2.84. The lowest BCUT2D eigenvalue weighted by Crippen LogP contribution is -2.34. The van der Waals surface area contributed by atoms with Crippen LogP contribution in [0.5, 0.6) is 5.75 Å². The van der Waals surface area contributed by atoms with Crippen LogP contribution in [-0.2, 0) is 13.1 Å². The van der Waals surface area contributed by atoms with Gasteiger partial charge in [-0.05, 0) is 55.3 Å². The van der Waals surface area contributed by atoms with Gasteiger partial charge in [0.1, 0.15) is 11.5 Å². The zero-order valence-electron chi connectivity index (χ0n) is 15.6. The molecule has 2 aromatic carbocycles. The maximum Gasteiger partial charge on any atom is 0.322 e. The summed E-state index contributed by atoms with van der Waals surface area (Å²) in [6.07, 6.45) is 1.61. The number of hydrogen-bond donors (Lipinski definition) is 1. The van der Waals surface area contributed by atoms with Crippen LogP contribution in [0.1, 0.15) is 23.8 Å². The van der Waals surface area contributed by atoms with E-state index < -0.39 is 0 Å². The average Bonchev–Trinajstić information content (AvgIpc) is 3.18. The molecule has 0 spiro atoms. The van der Waals surface area contributed by atoms with Crippen LogP contribution >= 0.6 is 0 Å². The Balaban J connectivity index is 1.75. The molecule has 1 heterocycles. The van der Waals surface area contributed by atoms with E-state index in [1.54, 1.807) is 11.2 Å². The molecule has 0 atom stereocenters. The van der Waals surface area contributed by atoms with Gasteiger partial charge in [0.2, 0.25) is 0 Å². The first kappa shape index (κ1) is 18.6. The Hall–Kier alpha value is -3.21. The van der Waals surface area contributed by atoms with E-state index in [0.717, 1.165) is 28.3 Å². The molecule has 3 rings (SSSR count). The number of urea groups is 1. The van der Waals surface area contributed by atoms with Gasteiger partial charge in [-0.2, -0.15) is 0 Å². The van der Waals surface area contributed by atoms with Crippen molar-refractivity contribution >= 4 is 11.7 Å². The minimum Gasteiger partial charge on any atom is -0.494 e. The van der Waals surface area contributed by atoms with Crippen LogP contribution in [0.25, 0.3) is 0 Å². The van der Waals surface area contributed by atoms with Crippen LogP contribution in [-0.4, -0.2) is 17.5 Å². The third-order valence-electron chi connectivity index (χ3n) is 4.21. The third kappa shape index (κ3) is 5.14. The Kier molecular flexibility index (Phi) is 6.15. The molecule has 0 saturated heterocycles. The van der Waals surface area contributed by atoms with Crippen LogP contribution in [0.4, 0.5) is 10.5 Å². The Bertz CT molecular complexity index is 858. The highest BCUT2D eigenvalue weighted by Crippen LogP contribution is 2.18. The number of amides is 2. The van der Waals surface area contributed by atoms with E-state index in [1.807, 2.05) is 74.5 Å². The van der Waals surface area contributed by atoms with Gasteiger partial charge in [0, 0.05) is 12.2 Å². The Morgan fingerprint density at radius 1 is 1.04 bits per heavy atom. The van der Waals surface area contributed by atoms with E-state index in [4.69, 9.17) is 9.15 Å². The molecule has 0 aliphatic heterocycles. The largest absolute Gasteiger partial charge is 0.494 e. The van der Waals surface area contributed by atoms with Crippen LogP contribution in [0.15, 0.2) is 71.3 Å². The van der Waals surface area contributed by atoms with Crippen LogP contribution in [0.3, 0.4) is 0 Å². The van der Waals surface area contributed by atoms with E-state index >= 15 is 0 Å². The molecule has 0 fully saturated rings. The van der Waals surface area contributed by atoms with E-state index in [-0.39, 0.29) is 6.03 Å². The molecule has 1 N–H and O–H groups in total. The molecule has 5 heteroatoms. The predicted molar refractivity (Wildman–Crippen MR) is 106 cm³/mol. The van der Waals surface area contributed by atoms with Crippen molar-refractivity contribution in [3.05, 3.63) is 83.8 Å². The van der Waals surface area contributed by atoms with E-state index in [9.17, 15) is 4.79 Å². The van der Waals surface area contributed by atoms with Gasteiger partial charge in [-0.1, -0.05) is 30.3 Å². The fraction of sp³-hybridized carbons (Fsp3) is 0.227. The number of ether oxygens (including phenoxy) is 1. The summed E-state index contributed by atoms with van der Waals surface area (Å²) in [5, 5.41) is 3.00. The van der Waals surface area contributed by atoms with Crippen molar-refractivity contribution in [2.45, 2.75) is 26.9 Å². The van der Waals surface area contributed by atoms with Crippen LogP contribution in [0, 0.1) is 6.92 Å². The minimum absolute atomic E-state index is 0.172. The van der Waals surface area contributed by atoms with Crippen molar-refractivity contribution in [2.75, 3.05) is 11.9 Å². The van der Waals surface area contributed by atoms with Gasteiger partial charge >= 0.3 is 6.03 Å². The number of rotatable bonds is 7. The van der Waals surface area contributed by atoms with Gasteiger partial charge in [0.15, 0.2) is 0 Å². The van der Waals surface area contributed by atoms with Crippen molar-refractivity contribution in [1.82, 2.24) is 4.90 Å². The number of para-hydroxylation sites is 1. The summed E-state index contributed by atoms with van der Waals surface area (Å²) >= 11 is 0. The highest BCUT2D eigenvalue weighted by atomic mass is 16.5. The van der Waals surface area contributed by atoms with Gasteiger partial charge in [-0.3, -0.25) is 0 Å². The second-order valence-electron chi connectivity index (χ2n) is 6.26. The molecular weight excluding hydrogens is 340 g/mol. The van der Waals surface area contributed by atoms with Crippen molar-refractivity contribution in [3.63, 3.8) is 0 Å². The molecular formula is C22H24N2O3. The summed E-state index contributed by atoms with van der Waals surface area (Å²) in [4.78, 5) is 14.6. The van der Waals surface area contributed by atoms with Gasteiger partial charge in [0.25, 0.3) is 0 Å². The van der Waals surface area contributed by atoms with Crippen molar-refractivity contribution in [1.29, 1.82) is 0 Å². The third-order valence-corrected chi connectivity index (χ3v) is 4.21. The summed E-state index contributed by atoms with van der Waals surface area (Å²) in [6.45, 7) is 5.40. The number of carbonyl (C=O) groups is 1. The smallest absolute Gasteiger partial charge is 0.322 e. The topological polar surface area (TPSA) is 54.7 Å². The number of nitrogens with zero attached hydrogens (tertiary/aromatic N) is 1. The highest BCUT2D eigenvalue weighted by Gasteiger charge is 2.17. The number of furan rings is 1. The molecule has 27 heavy (non-hydrogen) atoms. The van der Waals surface area contributed by atoms with Gasteiger partial charge < -0.3 is 19.4 Å². The number of nitrogens with one attached hydrogen (secondary N) is 1. The molecule has 140 valence electrons. The molecule has 1 aromatic heterocycles. The Morgan fingerprint density at radius 3 is 2.48 bits per heavy atom. The first-order valence-corrected chi connectivity index (χ1v) is 9.01. The summed E-state index contributed by atoms with van der Waals surface area (Å²) in [5.74, 6) is 1.56. The molecule has 0 aliphatic carbocycles. The first-order chi connectivity index (χ1) is 13.2. The Labute approximate surface area is 159 Å². The number of carbonyl (C=O) groups excluding carboxylic acids is 1. The summed E-state index contributed by atoms with van der Waals surface area (Å²) in [7, 11) is 0. The van der Waals surface area contributed by atoms with E-state index in [1.165, 1.54) is 0 Å². The van der Waals surface area contributed by atoms with E-state index in [0.29, 0.717) is 19.7 Å². The normalized spacial score (nSPS) is 10.4. The van der Waals surface area contributed by atoms with E-state index in [2.05, 4.69) is 5.32 Å². The quantitative estimate of drug-likeness (QED) is 0.625. The summed E-state index contributed by atoms with van der Waals surface area (Å²) < 4.78 is 10.9. The minimum atomic E-state index is -0.172. The number of aryl methyl sites for hydroxylation is 1. The van der Waals surface area contributed by atoms with Gasteiger partial charge in [-0.15, -0.1) is 0 Å². The number of hydrogen-bond acceptors (Lipinski definition) is 3. The molecule has 2 amide bonds. The fourth-order valence-corrected chi connectivity index (χ4v) is 2.78. The zero-order valence-corrected chi connectivity index (χ0v) is 15.6. The van der Waals surface area contributed by atoms with Gasteiger partial charge in [0.05, 0.1) is 19.4 Å². The monoisotopic (exact) mass is 364 g/mol. The SMILES string of the molecule is CCOc1ccc(CN(Cc2ccco2)C(=O)Nc2ccccc2C)cc1. The van der Waals surface area contributed by atoms with Crippen molar-refractivity contribution < 1.29 is 13.9 Å². The first-order valence-electron chi connectivity index (χ1n) is 9.01. The maximum atomic E-state index is 12.9. The molecule has 0 bridgehead atoms. The molecule has 0 saturated carbocycles. The van der Waals surface area contributed by atoms with Crippen LogP contribution < -0.4 is 10.1 Å². The average molecular weight is 364 g/mol. The molecule has 5 nitrogen and oxygen atoms in total. The second kappa shape index (κ2) is 8.94. The van der Waals surface area contributed by atoms with Crippen molar-refractivity contribution in [2.24, 2.45) is 0 Å². The molecule has 3 aromatic rings. The molecule has 0 aliphatic rings. The zero-order chi connectivity index (χ0) is 19.1. The van der Waals surface area contributed by atoms with Crippen LogP contribution in [0.2, 0.25) is 0 Å². The lowest BCUT2D eigenvalue weighted by atomic mass is 10.2. The fourth-order valence-electron chi connectivity index (χ4n) is 2.78. The van der Waals surface area contributed by atoms with Gasteiger partial charge in [-0.25, -0.2) is 4.79 Å². The predicted octanol–water partition coefficient (Wildman–Crippen LogP) is 5.22. The number of anilines is 1.